The van der Waals surface area contributed by atoms with Crippen molar-refractivity contribution in [1.29, 1.82) is 0 Å². The number of carboxylic acids is 2. The Bertz CT molecular complexity index is 161. The van der Waals surface area contributed by atoms with Gasteiger partial charge in [0.2, 0.25) is 0 Å². The number of rotatable bonds is 0. The molecule has 0 unspecified atom stereocenters. The zero-order valence-electron chi connectivity index (χ0n) is 10.8. The summed E-state index contributed by atoms with van der Waals surface area (Å²) in [5.74, 6) is -1.83. The van der Waals surface area contributed by atoms with E-state index in [0.29, 0.717) is 0 Å². The van der Waals surface area contributed by atoms with E-state index in [1.807, 2.05) is 0 Å². The molecule has 0 spiro atoms. The van der Waals surface area contributed by atoms with Gasteiger partial charge in [0.1, 0.15) is 11.6 Å². The van der Waals surface area contributed by atoms with E-state index in [1.54, 1.807) is 0 Å². The van der Waals surface area contributed by atoms with Crippen molar-refractivity contribution in [2.75, 3.05) is 0 Å². The third-order valence-electron chi connectivity index (χ3n) is 0. The summed E-state index contributed by atoms with van der Waals surface area (Å²) >= 11 is 0. The van der Waals surface area contributed by atoms with Gasteiger partial charge >= 0.3 is 17.1 Å². The first-order chi connectivity index (χ1) is 6.93. The molecule has 17 heavy (non-hydrogen) atoms. The summed E-state index contributed by atoms with van der Waals surface area (Å²) in [6.45, 7) is 8.06. The van der Waals surface area contributed by atoms with Crippen LogP contribution >= 0.6 is 0 Å². The Labute approximate surface area is 112 Å². The first-order valence-corrected chi connectivity index (χ1v) is 4.22. The fourth-order valence-corrected chi connectivity index (χ4v) is 0. The zero-order chi connectivity index (χ0) is 14.3. The van der Waals surface area contributed by atoms with Gasteiger partial charge < -0.3 is 29.4 Å². The van der Waals surface area contributed by atoms with Gasteiger partial charge in [-0.25, -0.2) is 0 Å². The van der Waals surface area contributed by atoms with E-state index in [2.05, 4.69) is 0 Å². The van der Waals surface area contributed by atoms with Crippen molar-refractivity contribution < 1.29 is 46.5 Å². The van der Waals surface area contributed by atoms with E-state index >= 15 is 0 Å². The number of ketones is 2. The molecule has 105 valence electrons. The molecule has 1 radical (unpaired) electrons. The molecule has 0 atom stereocenters. The van der Waals surface area contributed by atoms with Crippen LogP contribution in [-0.4, -0.2) is 23.5 Å². The summed E-state index contributed by atoms with van der Waals surface area (Å²) < 4.78 is 0. The fourth-order valence-electron chi connectivity index (χ4n) is 0. The summed E-state index contributed by atoms with van der Waals surface area (Å²) in [6, 6.07) is 0. The van der Waals surface area contributed by atoms with Crippen molar-refractivity contribution >= 4 is 23.5 Å². The number of carbonyl (C=O) groups is 4. The average Bonchev–Trinajstić information content (AvgIpc) is 1.76. The molecule has 0 saturated carbocycles. The van der Waals surface area contributed by atoms with Crippen LogP contribution in [-0.2, 0) is 36.2 Å². The van der Waals surface area contributed by atoms with E-state index in [9.17, 15) is 9.59 Å². The van der Waals surface area contributed by atoms with Gasteiger partial charge in [0.25, 0.3) is 0 Å². The molecule has 0 fully saturated rings. The van der Waals surface area contributed by atoms with E-state index in [4.69, 9.17) is 19.8 Å². The molecule has 0 saturated heterocycles. The third kappa shape index (κ3) is 1680. The quantitative estimate of drug-likeness (QED) is 0.513. The largest absolute Gasteiger partial charge is 2.00 e. The summed E-state index contributed by atoms with van der Waals surface area (Å²) in [5.41, 5.74) is 0. The van der Waals surface area contributed by atoms with Gasteiger partial charge in [-0.1, -0.05) is 0 Å². The van der Waals surface area contributed by atoms with Gasteiger partial charge in [-0.3, -0.25) is 0 Å². The predicted molar refractivity (Wildman–Crippen MR) is 54.1 cm³/mol. The number of aliphatic carboxylic acids is 2. The Morgan fingerprint density at radius 2 is 0.588 bits per heavy atom. The van der Waals surface area contributed by atoms with Gasteiger partial charge in [0, 0.05) is 11.9 Å². The molecule has 0 aromatic carbocycles. The smallest absolute Gasteiger partial charge is 0.550 e. The topological polar surface area (TPSA) is 114 Å². The standard InChI is InChI=1S/2C3H6O.2C2H4O2.Cu/c2*1-3(2)4;2*1-2(3)4;/h2*1-2H3;2*1H3,(H,3,4);/q;;;;+2/p-2. The van der Waals surface area contributed by atoms with Crippen molar-refractivity contribution in [2.45, 2.75) is 41.5 Å². The second kappa shape index (κ2) is 24.2. The molecule has 0 aliphatic heterocycles. The Morgan fingerprint density at radius 1 is 0.588 bits per heavy atom. The second-order valence-corrected chi connectivity index (χ2v) is 2.80. The average molecular weight is 298 g/mol. The Hall–Kier alpha value is -1.20. The molecule has 7 heteroatoms. The van der Waals surface area contributed by atoms with Gasteiger partial charge in [0.05, 0.1) is 0 Å². The molecular weight excluding hydrogens is 280 g/mol. The SMILES string of the molecule is CC(=O)[O-].CC(=O)[O-].CC(C)=O.CC(C)=O.[Cu+2]. The van der Waals surface area contributed by atoms with Gasteiger partial charge in [-0.05, 0) is 41.5 Å². The molecule has 0 aliphatic carbocycles. The second-order valence-electron chi connectivity index (χ2n) is 2.80. The number of hydrogen-bond acceptors (Lipinski definition) is 6. The van der Waals surface area contributed by atoms with Crippen molar-refractivity contribution in [3.8, 4) is 0 Å². The molecule has 0 N–H and O–H groups in total. The number of carbonyl (C=O) groups excluding carboxylic acids is 4. The van der Waals surface area contributed by atoms with Crippen LogP contribution in [0.2, 0.25) is 0 Å². The third-order valence-corrected chi connectivity index (χ3v) is 0. The van der Waals surface area contributed by atoms with E-state index in [-0.39, 0.29) is 28.6 Å². The number of hydrogen-bond donors (Lipinski definition) is 0. The molecule has 0 aromatic heterocycles. The molecule has 0 aliphatic rings. The zero-order valence-corrected chi connectivity index (χ0v) is 11.7. The minimum Gasteiger partial charge on any atom is -0.550 e. The maximum Gasteiger partial charge on any atom is 2.00 e. The van der Waals surface area contributed by atoms with Gasteiger partial charge in [-0.15, -0.1) is 0 Å². The van der Waals surface area contributed by atoms with Crippen molar-refractivity contribution in [3.63, 3.8) is 0 Å². The normalized spacial score (nSPS) is 6.00. The van der Waals surface area contributed by atoms with Crippen molar-refractivity contribution in [1.82, 2.24) is 0 Å². The van der Waals surface area contributed by atoms with Crippen LogP contribution in [0.25, 0.3) is 0 Å². The molecular formula is C10H18CuO6. The molecule has 0 amide bonds. The molecule has 0 rings (SSSR count). The van der Waals surface area contributed by atoms with Crippen molar-refractivity contribution in [3.05, 3.63) is 0 Å². The summed E-state index contributed by atoms with van der Waals surface area (Å²) in [4.78, 5) is 36.7. The minimum atomic E-state index is -1.08. The van der Waals surface area contributed by atoms with Crippen LogP contribution in [0.1, 0.15) is 41.5 Å². The van der Waals surface area contributed by atoms with Crippen LogP contribution in [0.4, 0.5) is 0 Å². The van der Waals surface area contributed by atoms with E-state index in [0.717, 1.165) is 13.8 Å². The molecule has 0 heterocycles. The van der Waals surface area contributed by atoms with E-state index in [1.165, 1.54) is 27.7 Å². The van der Waals surface area contributed by atoms with E-state index < -0.39 is 11.9 Å². The minimum absolute atomic E-state index is 0. The van der Waals surface area contributed by atoms with Crippen LogP contribution in [0, 0.1) is 0 Å². The molecule has 0 aromatic rings. The number of Topliss-reactive ketones (excluding diaryl/α,β-unsaturated/α-hetero) is 2. The maximum atomic E-state index is 9.44. The predicted octanol–water partition coefficient (Wildman–Crippen LogP) is -1.30. The Kier molecular flexibility index (Phi) is 42.2. The van der Waals surface area contributed by atoms with Crippen LogP contribution in [0.5, 0.6) is 0 Å². The monoisotopic (exact) mass is 297 g/mol. The Balaban J connectivity index is -0.0000000369. The van der Waals surface area contributed by atoms with Gasteiger partial charge in [0.15, 0.2) is 0 Å². The van der Waals surface area contributed by atoms with Crippen LogP contribution in [0.15, 0.2) is 0 Å². The number of carboxylic acid groups (broad SMARTS) is 2. The molecule has 0 bridgehead atoms. The first kappa shape index (κ1) is 29.7. The van der Waals surface area contributed by atoms with Gasteiger partial charge in [-0.2, -0.15) is 0 Å². The summed E-state index contributed by atoms with van der Waals surface area (Å²) in [7, 11) is 0. The van der Waals surface area contributed by atoms with Crippen molar-refractivity contribution in [2.24, 2.45) is 0 Å². The maximum absolute atomic E-state index is 9.44. The first-order valence-electron chi connectivity index (χ1n) is 4.22. The summed E-state index contributed by atoms with van der Waals surface area (Å²) in [5, 5.41) is 17.8. The van der Waals surface area contributed by atoms with Crippen LogP contribution in [0.3, 0.4) is 0 Å². The Morgan fingerprint density at radius 3 is 0.588 bits per heavy atom. The molecule has 6 nitrogen and oxygen atoms in total. The summed E-state index contributed by atoms with van der Waals surface area (Å²) in [6.07, 6.45) is 0. The fraction of sp³-hybridized carbons (Fsp3) is 0.600. The van der Waals surface area contributed by atoms with Crippen LogP contribution < -0.4 is 10.2 Å².